The summed E-state index contributed by atoms with van der Waals surface area (Å²) in [5.41, 5.74) is 1.57. The third-order valence-corrected chi connectivity index (χ3v) is 4.95. The fourth-order valence-corrected chi connectivity index (χ4v) is 3.46. The summed E-state index contributed by atoms with van der Waals surface area (Å²) in [5, 5.41) is 3.63. The van der Waals surface area contributed by atoms with Gasteiger partial charge in [0.2, 0.25) is 17.7 Å². The summed E-state index contributed by atoms with van der Waals surface area (Å²) in [4.78, 5) is 34.7. The molecule has 1 N–H and O–H groups in total. The van der Waals surface area contributed by atoms with E-state index < -0.39 is 0 Å². The molecule has 160 valence electrons. The van der Waals surface area contributed by atoms with Gasteiger partial charge in [-0.15, -0.1) is 0 Å². The maximum absolute atomic E-state index is 12.5. The van der Waals surface area contributed by atoms with Crippen molar-refractivity contribution in [3.05, 3.63) is 70.5 Å². The maximum Gasteiger partial charge on any atom is 0.229 e. The number of carbonyl (C=O) groups excluding carboxylic acids is 2. The first-order chi connectivity index (χ1) is 14.9. The molecule has 0 radical (unpaired) electrons. The van der Waals surface area contributed by atoms with Gasteiger partial charge in [0.15, 0.2) is 0 Å². The number of hydrogen-bond donors (Lipinski definition) is 1. The number of nitrogens with zero attached hydrogens (tertiary/aromatic N) is 3. The molecule has 2 amide bonds. The smallest absolute Gasteiger partial charge is 0.229 e. The Balaban J connectivity index is 1.83. The van der Waals surface area contributed by atoms with Crippen LogP contribution in [0.4, 0.5) is 17.2 Å². The molecule has 0 bridgehead atoms. The minimum Gasteiger partial charge on any atom is -0.478 e. The van der Waals surface area contributed by atoms with E-state index in [1.807, 2.05) is 6.92 Å². The fraction of sp³-hybridized carbons (Fsp3) is 0.182. The van der Waals surface area contributed by atoms with E-state index in [0.717, 1.165) is 0 Å². The number of rotatable bonds is 7. The molecule has 0 spiro atoms. The molecule has 0 aliphatic heterocycles. The molecule has 0 saturated carbocycles. The zero-order valence-electron chi connectivity index (χ0n) is 16.9. The summed E-state index contributed by atoms with van der Waals surface area (Å²) in [6.45, 7) is 3.72. The second kappa shape index (κ2) is 10.2. The Morgan fingerprint density at radius 1 is 1.06 bits per heavy atom. The van der Waals surface area contributed by atoms with Gasteiger partial charge >= 0.3 is 0 Å². The largest absolute Gasteiger partial charge is 0.478 e. The van der Waals surface area contributed by atoms with Crippen LogP contribution in [0.2, 0.25) is 10.0 Å². The molecule has 0 saturated heterocycles. The normalized spacial score (nSPS) is 10.5. The first kappa shape index (κ1) is 22.5. The average Bonchev–Trinajstić information content (AvgIpc) is 2.72. The SMILES string of the molecule is CCOc1cc(N(C(C)=O)c2cc(NC(=O)Cc3c(Cl)cccc3Cl)ccn2)ccn1. The highest BCUT2D eigenvalue weighted by molar-refractivity contribution is 6.36. The fourth-order valence-electron chi connectivity index (χ4n) is 2.93. The van der Waals surface area contributed by atoms with Gasteiger partial charge in [-0.25, -0.2) is 9.97 Å². The van der Waals surface area contributed by atoms with Crippen LogP contribution in [0.15, 0.2) is 54.9 Å². The number of hydrogen-bond acceptors (Lipinski definition) is 5. The number of pyridine rings is 2. The molecule has 9 heteroatoms. The van der Waals surface area contributed by atoms with E-state index in [4.69, 9.17) is 27.9 Å². The third-order valence-electron chi connectivity index (χ3n) is 4.24. The van der Waals surface area contributed by atoms with E-state index in [-0.39, 0.29) is 18.2 Å². The number of amides is 2. The highest BCUT2D eigenvalue weighted by Gasteiger charge is 2.18. The lowest BCUT2D eigenvalue weighted by Gasteiger charge is -2.21. The number of carbonyl (C=O) groups is 2. The van der Waals surface area contributed by atoms with Crippen molar-refractivity contribution in [3.63, 3.8) is 0 Å². The van der Waals surface area contributed by atoms with Crippen LogP contribution in [0.1, 0.15) is 19.4 Å². The molecular formula is C22H20Cl2N4O3. The third kappa shape index (κ3) is 5.71. The Hall–Kier alpha value is -3.16. The van der Waals surface area contributed by atoms with Gasteiger partial charge in [-0.05, 0) is 36.8 Å². The van der Waals surface area contributed by atoms with Crippen LogP contribution in [-0.2, 0) is 16.0 Å². The van der Waals surface area contributed by atoms with Crippen molar-refractivity contribution in [2.24, 2.45) is 0 Å². The Labute approximate surface area is 190 Å². The van der Waals surface area contributed by atoms with E-state index >= 15 is 0 Å². The van der Waals surface area contributed by atoms with Gasteiger partial charge in [0.05, 0.1) is 18.7 Å². The van der Waals surface area contributed by atoms with Crippen molar-refractivity contribution in [2.45, 2.75) is 20.3 Å². The Morgan fingerprint density at radius 3 is 2.45 bits per heavy atom. The maximum atomic E-state index is 12.5. The monoisotopic (exact) mass is 458 g/mol. The molecule has 0 atom stereocenters. The van der Waals surface area contributed by atoms with Gasteiger partial charge in [0.25, 0.3) is 0 Å². The lowest BCUT2D eigenvalue weighted by molar-refractivity contribution is -0.116. The minimum atomic E-state index is -0.302. The highest BCUT2D eigenvalue weighted by atomic mass is 35.5. The van der Waals surface area contributed by atoms with Gasteiger partial charge in [-0.3, -0.25) is 14.5 Å². The van der Waals surface area contributed by atoms with Crippen molar-refractivity contribution >= 4 is 52.2 Å². The first-order valence-corrected chi connectivity index (χ1v) is 10.2. The Kier molecular flexibility index (Phi) is 7.44. The number of anilines is 3. The van der Waals surface area contributed by atoms with Crippen molar-refractivity contribution in [1.82, 2.24) is 9.97 Å². The number of benzene rings is 1. The van der Waals surface area contributed by atoms with Gasteiger partial charge < -0.3 is 10.1 Å². The summed E-state index contributed by atoms with van der Waals surface area (Å²) in [7, 11) is 0. The number of halogens is 2. The molecule has 0 aliphatic rings. The number of ether oxygens (including phenoxy) is 1. The predicted octanol–water partition coefficient (Wildman–Crippen LogP) is 5.05. The molecule has 3 rings (SSSR count). The van der Waals surface area contributed by atoms with Crippen LogP contribution in [0.25, 0.3) is 0 Å². The molecule has 3 aromatic rings. The summed E-state index contributed by atoms with van der Waals surface area (Å²) in [5.74, 6) is 0.179. The summed E-state index contributed by atoms with van der Waals surface area (Å²) in [6, 6.07) is 11.6. The van der Waals surface area contributed by atoms with Crippen molar-refractivity contribution < 1.29 is 14.3 Å². The van der Waals surface area contributed by atoms with E-state index in [9.17, 15) is 9.59 Å². The molecule has 0 fully saturated rings. The Morgan fingerprint density at radius 2 is 1.77 bits per heavy atom. The van der Waals surface area contributed by atoms with E-state index in [1.165, 1.54) is 18.0 Å². The molecule has 0 aliphatic carbocycles. The lowest BCUT2D eigenvalue weighted by Crippen LogP contribution is -2.24. The van der Waals surface area contributed by atoms with Crippen molar-refractivity contribution in [1.29, 1.82) is 0 Å². The van der Waals surface area contributed by atoms with Gasteiger partial charge in [0, 0.05) is 47.2 Å². The molecule has 1 aromatic carbocycles. The molecule has 2 heterocycles. The van der Waals surface area contributed by atoms with Gasteiger partial charge in [-0.1, -0.05) is 29.3 Å². The number of aromatic nitrogens is 2. The highest BCUT2D eigenvalue weighted by Crippen LogP contribution is 2.28. The van der Waals surface area contributed by atoms with Gasteiger partial charge in [0.1, 0.15) is 5.82 Å². The molecular weight excluding hydrogens is 439 g/mol. The topological polar surface area (TPSA) is 84.4 Å². The average molecular weight is 459 g/mol. The Bertz CT molecular complexity index is 1090. The van der Waals surface area contributed by atoms with Crippen molar-refractivity contribution in [2.75, 3.05) is 16.8 Å². The lowest BCUT2D eigenvalue weighted by atomic mass is 10.1. The zero-order chi connectivity index (χ0) is 22.4. The van der Waals surface area contributed by atoms with E-state index in [0.29, 0.717) is 45.3 Å². The van der Waals surface area contributed by atoms with Crippen LogP contribution in [-0.4, -0.2) is 28.4 Å². The summed E-state index contributed by atoms with van der Waals surface area (Å²) < 4.78 is 5.42. The summed E-state index contributed by atoms with van der Waals surface area (Å²) >= 11 is 12.3. The molecule has 7 nitrogen and oxygen atoms in total. The van der Waals surface area contributed by atoms with Crippen LogP contribution in [0.3, 0.4) is 0 Å². The van der Waals surface area contributed by atoms with Crippen LogP contribution < -0.4 is 15.0 Å². The summed E-state index contributed by atoms with van der Waals surface area (Å²) in [6.07, 6.45) is 3.07. The standard InChI is InChI=1S/C22H20Cl2N4O3/c1-3-31-22-12-16(8-10-26-22)28(14(2)29)20-11-15(7-9-25-20)27-21(30)13-17-18(23)5-4-6-19(17)24/h4-12H,3,13H2,1-2H3,(H,25,27,30). The molecule has 0 unspecified atom stereocenters. The van der Waals surface area contributed by atoms with Crippen LogP contribution in [0, 0.1) is 0 Å². The van der Waals surface area contributed by atoms with E-state index in [1.54, 1.807) is 48.7 Å². The second-order valence-electron chi connectivity index (χ2n) is 6.47. The van der Waals surface area contributed by atoms with Crippen LogP contribution >= 0.6 is 23.2 Å². The molecule has 2 aromatic heterocycles. The van der Waals surface area contributed by atoms with Crippen LogP contribution in [0.5, 0.6) is 5.88 Å². The second-order valence-corrected chi connectivity index (χ2v) is 7.28. The zero-order valence-corrected chi connectivity index (χ0v) is 18.4. The minimum absolute atomic E-state index is 0.00859. The molecule has 31 heavy (non-hydrogen) atoms. The quantitative estimate of drug-likeness (QED) is 0.535. The van der Waals surface area contributed by atoms with Crippen molar-refractivity contribution in [3.8, 4) is 5.88 Å². The van der Waals surface area contributed by atoms with E-state index in [2.05, 4.69) is 15.3 Å². The first-order valence-electron chi connectivity index (χ1n) is 9.47. The number of nitrogens with one attached hydrogen (secondary N) is 1. The van der Waals surface area contributed by atoms with Gasteiger partial charge in [-0.2, -0.15) is 0 Å². The predicted molar refractivity (Wildman–Crippen MR) is 121 cm³/mol.